The van der Waals surface area contributed by atoms with Crippen LogP contribution in [0.25, 0.3) is 0 Å². The number of hydrogen-bond donors (Lipinski definition) is 5. The Bertz CT molecular complexity index is 237. The Morgan fingerprint density at radius 2 is 2.08 bits per heavy atom. The third kappa shape index (κ3) is 1.85. The van der Waals surface area contributed by atoms with Crippen molar-refractivity contribution >= 4 is 17.5 Å². The molecule has 2 unspecified atom stereocenters. The van der Waals surface area contributed by atoms with E-state index in [2.05, 4.69) is 10.3 Å². The molecule has 1 rings (SSSR count). The lowest BCUT2D eigenvalue weighted by Crippen LogP contribution is -2.56. The van der Waals surface area contributed by atoms with Gasteiger partial charge in [0, 0.05) is 0 Å². The van der Waals surface area contributed by atoms with Crippen LogP contribution >= 0.6 is 11.8 Å². The number of thioether (sulfide) groups is 1. The van der Waals surface area contributed by atoms with Gasteiger partial charge in [0.2, 0.25) is 0 Å². The van der Waals surface area contributed by atoms with Crippen molar-refractivity contribution in [3.8, 4) is 0 Å². The molecule has 1 aliphatic heterocycles. The Morgan fingerprint density at radius 3 is 2.38 bits per heavy atom. The third-order valence-electron chi connectivity index (χ3n) is 1.80. The van der Waals surface area contributed by atoms with Gasteiger partial charge >= 0.3 is 0 Å². The minimum atomic E-state index is -1.83. The Balaban J connectivity index is 2.92. The van der Waals surface area contributed by atoms with Crippen LogP contribution in [0.1, 0.15) is 0 Å². The summed E-state index contributed by atoms with van der Waals surface area (Å²) in [6, 6.07) is 0. The molecule has 0 saturated carbocycles. The van der Waals surface area contributed by atoms with Gasteiger partial charge in [0.15, 0.2) is 5.72 Å². The molecule has 13 heavy (non-hydrogen) atoms. The quantitative estimate of drug-likeness (QED) is 0.333. The largest absolute Gasteiger partial charge is 0.391 e. The van der Waals surface area contributed by atoms with Crippen LogP contribution in [0.3, 0.4) is 0 Å². The van der Waals surface area contributed by atoms with Gasteiger partial charge in [0.1, 0.15) is 0 Å². The average Bonchev–Trinajstić information content (AvgIpc) is 2.40. The molecule has 0 aromatic rings. The lowest BCUT2D eigenvalue weighted by molar-refractivity contribution is -0.0253. The molecule has 7 heteroatoms. The molecule has 6 nitrogen and oxygen atoms in total. The summed E-state index contributed by atoms with van der Waals surface area (Å²) in [5, 5.41) is 37.4. The van der Waals surface area contributed by atoms with Crippen molar-refractivity contribution in [2.24, 2.45) is 4.99 Å². The molecule has 0 saturated heterocycles. The summed E-state index contributed by atoms with van der Waals surface area (Å²) >= 11 is 0.946. The second-order valence-corrected chi connectivity index (χ2v) is 3.65. The molecule has 1 aliphatic rings. The van der Waals surface area contributed by atoms with Gasteiger partial charge in [-0.1, -0.05) is 11.8 Å². The highest BCUT2D eigenvalue weighted by Crippen LogP contribution is 2.27. The molecule has 0 amide bonds. The van der Waals surface area contributed by atoms with Crippen molar-refractivity contribution in [2.45, 2.75) is 10.9 Å². The molecule has 76 valence electrons. The Morgan fingerprint density at radius 1 is 1.46 bits per heavy atom. The maximum absolute atomic E-state index is 9.60. The fraction of sp³-hybridized carbons (Fsp3) is 0.833. The van der Waals surface area contributed by atoms with E-state index in [0.29, 0.717) is 0 Å². The average molecular weight is 208 g/mol. The van der Waals surface area contributed by atoms with Crippen molar-refractivity contribution in [1.29, 1.82) is 0 Å². The van der Waals surface area contributed by atoms with Crippen LogP contribution in [0.5, 0.6) is 0 Å². The normalized spacial score (nSPS) is 39.3. The molecule has 0 bridgehead atoms. The van der Waals surface area contributed by atoms with Crippen LogP contribution in [0.4, 0.5) is 0 Å². The fourth-order valence-electron chi connectivity index (χ4n) is 1.04. The zero-order valence-corrected chi connectivity index (χ0v) is 7.88. The van der Waals surface area contributed by atoms with Crippen molar-refractivity contribution in [3.63, 3.8) is 0 Å². The van der Waals surface area contributed by atoms with Crippen LogP contribution in [0.2, 0.25) is 0 Å². The monoisotopic (exact) mass is 208 g/mol. The first-order valence-corrected chi connectivity index (χ1v) is 4.82. The van der Waals surface area contributed by atoms with Gasteiger partial charge in [-0.05, 0) is 6.26 Å². The number of aliphatic hydroxyl groups is 4. The molecule has 0 aliphatic carbocycles. The predicted octanol–water partition coefficient (Wildman–Crippen LogP) is -2.33. The molecule has 0 aromatic carbocycles. The van der Waals surface area contributed by atoms with Gasteiger partial charge < -0.3 is 20.4 Å². The lowest BCUT2D eigenvalue weighted by Gasteiger charge is -2.25. The smallest absolute Gasteiger partial charge is 0.267 e. The molecule has 0 spiro atoms. The second-order valence-electron chi connectivity index (χ2n) is 2.67. The van der Waals surface area contributed by atoms with Crippen LogP contribution in [0, 0.1) is 0 Å². The summed E-state index contributed by atoms with van der Waals surface area (Å²) in [6.07, 6.45) is 1.58. The van der Waals surface area contributed by atoms with Crippen LogP contribution < -0.4 is 5.32 Å². The zero-order valence-electron chi connectivity index (χ0n) is 7.06. The van der Waals surface area contributed by atoms with E-state index in [1.807, 2.05) is 0 Å². The number of hydrogen-bond acceptors (Lipinski definition) is 7. The molecular formula is C6H12N2O4S. The summed E-state index contributed by atoms with van der Waals surface area (Å²) in [4.78, 5) is 3.65. The highest BCUT2D eigenvalue weighted by Gasteiger charge is 2.47. The first-order valence-electron chi connectivity index (χ1n) is 3.60. The Labute approximate surface area is 79.3 Å². The van der Waals surface area contributed by atoms with Crippen molar-refractivity contribution in [3.05, 3.63) is 0 Å². The van der Waals surface area contributed by atoms with Crippen LogP contribution in [0.15, 0.2) is 4.99 Å². The van der Waals surface area contributed by atoms with Crippen molar-refractivity contribution < 1.29 is 20.4 Å². The minimum absolute atomic E-state index is 0.0770. The number of aliphatic hydroxyl groups excluding tert-OH is 2. The SMILES string of the molecule is CSC1(O)N=C(CO)C(O)(CO)N1. The molecule has 0 radical (unpaired) electrons. The van der Waals surface area contributed by atoms with E-state index in [9.17, 15) is 10.2 Å². The van der Waals surface area contributed by atoms with Gasteiger partial charge in [0.05, 0.1) is 18.9 Å². The molecule has 0 aromatic heterocycles. The van der Waals surface area contributed by atoms with E-state index in [1.54, 1.807) is 6.26 Å². The zero-order chi connectivity index (χ0) is 10.1. The number of aliphatic imine (C=N–C) groups is 1. The fourth-order valence-corrected chi connectivity index (χ4v) is 1.51. The predicted molar refractivity (Wildman–Crippen MR) is 48.2 cm³/mol. The van der Waals surface area contributed by atoms with E-state index < -0.39 is 24.1 Å². The van der Waals surface area contributed by atoms with Gasteiger partial charge in [-0.25, -0.2) is 10.3 Å². The number of rotatable bonds is 3. The molecule has 5 N–H and O–H groups in total. The summed E-state index contributed by atoms with van der Waals surface area (Å²) in [5.41, 5.74) is -1.90. The standard InChI is InChI=1S/C6H12N2O4S/c1-13-6(12)7-4(2-9)5(11,3-10)8-6/h8-12H,2-3H2,1H3. The van der Waals surface area contributed by atoms with Crippen molar-refractivity contribution in [2.75, 3.05) is 19.5 Å². The van der Waals surface area contributed by atoms with Crippen LogP contribution in [-0.4, -0.2) is 56.5 Å². The molecule has 0 fully saturated rings. The number of nitrogens with zero attached hydrogens (tertiary/aromatic N) is 1. The molecule has 1 heterocycles. The van der Waals surface area contributed by atoms with Gasteiger partial charge in [-0.15, -0.1) is 0 Å². The highest BCUT2D eigenvalue weighted by atomic mass is 32.2. The van der Waals surface area contributed by atoms with Gasteiger partial charge in [-0.3, -0.25) is 0 Å². The highest BCUT2D eigenvalue weighted by molar-refractivity contribution is 7.99. The van der Waals surface area contributed by atoms with Crippen molar-refractivity contribution in [1.82, 2.24) is 5.32 Å². The summed E-state index contributed by atoms with van der Waals surface area (Å²) in [5.74, 6) is 0. The van der Waals surface area contributed by atoms with E-state index in [0.717, 1.165) is 11.8 Å². The third-order valence-corrected chi connectivity index (χ3v) is 2.56. The lowest BCUT2D eigenvalue weighted by atomic mass is 10.1. The topological polar surface area (TPSA) is 105 Å². The Hall–Kier alpha value is -0.180. The molecule has 2 atom stereocenters. The number of nitrogens with one attached hydrogen (secondary N) is 1. The Kier molecular flexibility index (Phi) is 2.95. The van der Waals surface area contributed by atoms with E-state index in [-0.39, 0.29) is 5.71 Å². The molecular weight excluding hydrogens is 196 g/mol. The first-order chi connectivity index (χ1) is 5.99. The van der Waals surface area contributed by atoms with E-state index in [1.165, 1.54) is 0 Å². The minimum Gasteiger partial charge on any atom is -0.391 e. The van der Waals surface area contributed by atoms with Crippen LogP contribution in [-0.2, 0) is 0 Å². The first kappa shape index (κ1) is 10.9. The van der Waals surface area contributed by atoms with Gasteiger partial charge in [0.25, 0.3) is 5.18 Å². The summed E-state index contributed by atoms with van der Waals surface area (Å²) in [6.45, 7) is -1.18. The maximum Gasteiger partial charge on any atom is 0.267 e. The summed E-state index contributed by atoms with van der Waals surface area (Å²) < 4.78 is 0. The van der Waals surface area contributed by atoms with E-state index >= 15 is 0 Å². The maximum atomic E-state index is 9.60. The van der Waals surface area contributed by atoms with Gasteiger partial charge in [-0.2, -0.15) is 0 Å². The second kappa shape index (κ2) is 3.52. The van der Waals surface area contributed by atoms with E-state index in [4.69, 9.17) is 10.2 Å². The summed E-state index contributed by atoms with van der Waals surface area (Å²) in [7, 11) is 0.